The molecular formula is C11H13NO3. The third kappa shape index (κ3) is 1.86. The Kier molecular flexibility index (Phi) is 2.70. The van der Waals surface area contributed by atoms with E-state index in [9.17, 15) is 4.79 Å². The molecule has 0 radical (unpaired) electrons. The molecule has 0 spiro atoms. The summed E-state index contributed by atoms with van der Waals surface area (Å²) in [7, 11) is 3.06. The molecule has 4 heteroatoms. The van der Waals surface area contributed by atoms with Gasteiger partial charge in [-0.25, -0.2) is 5.06 Å². The Hall–Kier alpha value is -1.39. The quantitative estimate of drug-likeness (QED) is 0.687. The van der Waals surface area contributed by atoms with Crippen LogP contribution in [0.5, 0.6) is 0 Å². The summed E-state index contributed by atoms with van der Waals surface area (Å²) in [6.07, 6.45) is 0. The molecule has 1 aromatic rings. The highest BCUT2D eigenvalue weighted by molar-refractivity contribution is 5.93. The van der Waals surface area contributed by atoms with Crippen LogP contribution in [0.15, 0.2) is 18.2 Å². The van der Waals surface area contributed by atoms with E-state index in [4.69, 9.17) is 9.57 Å². The minimum atomic E-state index is -0.146. The number of rotatable bonds is 2. The number of nitrogens with zero attached hydrogens (tertiary/aromatic N) is 1. The number of hydroxylamine groups is 2. The van der Waals surface area contributed by atoms with Crippen molar-refractivity contribution in [1.29, 1.82) is 0 Å². The van der Waals surface area contributed by atoms with Crippen molar-refractivity contribution in [2.75, 3.05) is 14.2 Å². The Balaban J connectivity index is 2.26. The fourth-order valence-electron chi connectivity index (χ4n) is 1.57. The molecule has 1 aliphatic heterocycles. The lowest BCUT2D eigenvalue weighted by Gasteiger charge is -2.13. The molecule has 0 aromatic heterocycles. The van der Waals surface area contributed by atoms with E-state index in [1.54, 1.807) is 13.1 Å². The van der Waals surface area contributed by atoms with Gasteiger partial charge in [-0.15, -0.1) is 0 Å². The summed E-state index contributed by atoms with van der Waals surface area (Å²) in [5, 5.41) is 1.21. The van der Waals surface area contributed by atoms with Crippen molar-refractivity contribution in [2.45, 2.75) is 13.2 Å². The van der Waals surface area contributed by atoms with E-state index in [2.05, 4.69) is 0 Å². The van der Waals surface area contributed by atoms with E-state index in [1.165, 1.54) is 12.2 Å². The zero-order chi connectivity index (χ0) is 10.8. The van der Waals surface area contributed by atoms with Crippen LogP contribution in [0, 0.1) is 0 Å². The Bertz CT molecular complexity index is 389. The molecule has 15 heavy (non-hydrogen) atoms. The second kappa shape index (κ2) is 4.00. The van der Waals surface area contributed by atoms with Gasteiger partial charge in [-0.2, -0.15) is 0 Å². The van der Waals surface area contributed by atoms with Crippen LogP contribution in [0.3, 0.4) is 0 Å². The van der Waals surface area contributed by atoms with Crippen molar-refractivity contribution in [3.05, 3.63) is 34.9 Å². The molecule has 0 saturated carbocycles. The van der Waals surface area contributed by atoms with Gasteiger partial charge in [0.1, 0.15) is 0 Å². The number of amides is 1. The van der Waals surface area contributed by atoms with E-state index in [0.29, 0.717) is 18.8 Å². The van der Waals surface area contributed by atoms with Crippen molar-refractivity contribution in [3.63, 3.8) is 0 Å². The summed E-state index contributed by atoms with van der Waals surface area (Å²) in [5.41, 5.74) is 2.88. The predicted molar refractivity (Wildman–Crippen MR) is 54.0 cm³/mol. The summed E-state index contributed by atoms with van der Waals surface area (Å²) in [6, 6.07) is 5.59. The summed E-state index contributed by atoms with van der Waals surface area (Å²) >= 11 is 0. The van der Waals surface area contributed by atoms with E-state index >= 15 is 0 Å². The SMILES string of the molecule is CON(C)C(=O)c1ccc2c(c1)COC2. The largest absolute Gasteiger partial charge is 0.372 e. The van der Waals surface area contributed by atoms with Gasteiger partial charge in [0.25, 0.3) is 5.91 Å². The zero-order valence-corrected chi connectivity index (χ0v) is 8.82. The van der Waals surface area contributed by atoms with Crippen molar-refractivity contribution < 1.29 is 14.4 Å². The number of fused-ring (bicyclic) bond motifs is 1. The van der Waals surface area contributed by atoms with Crippen molar-refractivity contribution in [2.24, 2.45) is 0 Å². The third-order valence-corrected chi connectivity index (χ3v) is 2.53. The van der Waals surface area contributed by atoms with Gasteiger partial charge in [0.2, 0.25) is 0 Å². The average molecular weight is 207 g/mol. The van der Waals surface area contributed by atoms with Crippen LogP contribution in [-0.4, -0.2) is 25.1 Å². The zero-order valence-electron chi connectivity index (χ0n) is 8.82. The van der Waals surface area contributed by atoms with Crippen LogP contribution in [0.1, 0.15) is 21.5 Å². The monoisotopic (exact) mass is 207 g/mol. The normalized spacial score (nSPS) is 13.7. The lowest BCUT2D eigenvalue weighted by Crippen LogP contribution is -2.25. The van der Waals surface area contributed by atoms with Gasteiger partial charge < -0.3 is 4.74 Å². The van der Waals surface area contributed by atoms with E-state index in [1.807, 2.05) is 12.1 Å². The summed E-state index contributed by atoms with van der Waals surface area (Å²) in [6.45, 7) is 1.23. The Morgan fingerprint density at radius 1 is 1.40 bits per heavy atom. The van der Waals surface area contributed by atoms with E-state index in [0.717, 1.165) is 11.1 Å². The van der Waals surface area contributed by atoms with Crippen LogP contribution in [-0.2, 0) is 22.8 Å². The van der Waals surface area contributed by atoms with Gasteiger partial charge in [0, 0.05) is 12.6 Å². The predicted octanol–water partition coefficient (Wildman–Crippen LogP) is 1.35. The van der Waals surface area contributed by atoms with Crippen LogP contribution >= 0.6 is 0 Å². The van der Waals surface area contributed by atoms with Gasteiger partial charge >= 0.3 is 0 Å². The first-order chi connectivity index (χ1) is 7.22. The maximum Gasteiger partial charge on any atom is 0.277 e. The number of carbonyl (C=O) groups excluding carboxylic acids is 1. The topological polar surface area (TPSA) is 38.8 Å². The second-order valence-electron chi connectivity index (χ2n) is 3.46. The first-order valence-corrected chi connectivity index (χ1v) is 4.74. The molecule has 1 aromatic carbocycles. The molecule has 0 N–H and O–H groups in total. The molecule has 1 amide bonds. The number of hydrogen-bond acceptors (Lipinski definition) is 3. The molecule has 0 bridgehead atoms. The van der Waals surface area contributed by atoms with E-state index < -0.39 is 0 Å². The summed E-state index contributed by atoms with van der Waals surface area (Å²) < 4.78 is 5.28. The molecule has 0 atom stereocenters. The van der Waals surface area contributed by atoms with Gasteiger partial charge in [-0.1, -0.05) is 6.07 Å². The first kappa shape index (κ1) is 10.1. The molecule has 4 nitrogen and oxygen atoms in total. The van der Waals surface area contributed by atoms with Crippen LogP contribution in [0.25, 0.3) is 0 Å². The molecule has 0 aliphatic carbocycles. The molecule has 0 unspecified atom stereocenters. The van der Waals surface area contributed by atoms with Crippen molar-refractivity contribution >= 4 is 5.91 Å². The van der Waals surface area contributed by atoms with E-state index in [-0.39, 0.29) is 5.91 Å². The van der Waals surface area contributed by atoms with Crippen molar-refractivity contribution in [1.82, 2.24) is 5.06 Å². The highest BCUT2D eigenvalue weighted by Crippen LogP contribution is 2.21. The second-order valence-corrected chi connectivity index (χ2v) is 3.46. The number of benzene rings is 1. The van der Waals surface area contributed by atoms with Gasteiger partial charge in [-0.3, -0.25) is 9.63 Å². The molecule has 2 rings (SSSR count). The molecule has 0 fully saturated rings. The smallest absolute Gasteiger partial charge is 0.277 e. The number of carbonyl (C=O) groups is 1. The highest BCUT2D eigenvalue weighted by atomic mass is 16.7. The van der Waals surface area contributed by atoms with Gasteiger partial charge in [0.15, 0.2) is 0 Å². The molecule has 0 saturated heterocycles. The maximum atomic E-state index is 11.7. The van der Waals surface area contributed by atoms with Crippen molar-refractivity contribution in [3.8, 4) is 0 Å². The van der Waals surface area contributed by atoms with Gasteiger partial charge in [0.05, 0.1) is 20.3 Å². The molecule has 80 valence electrons. The standard InChI is InChI=1S/C11H13NO3/c1-12(14-2)11(13)8-3-4-9-6-15-7-10(9)5-8/h3-5H,6-7H2,1-2H3. The third-order valence-electron chi connectivity index (χ3n) is 2.53. The van der Waals surface area contributed by atoms with Crippen LogP contribution < -0.4 is 0 Å². The van der Waals surface area contributed by atoms with Crippen LogP contribution in [0.2, 0.25) is 0 Å². The minimum Gasteiger partial charge on any atom is -0.372 e. The summed E-state index contributed by atoms with van der Waals surface area (Å²) in [4.78, 5) is 16.6. The Morgan fingerprint density at radius 2 is 2.13 bits per heavy atom. The fraction of sp³-hybridized carbons (Fsp3) is 0.364. The maximum absolute atomic E-state index is 11.7. The average Bonchev–Trinajstić information content (AvgIpc) is 2.73. The first-order valence-electron chi connectivity index (χ1n) is 4.74. The Morgan fingerprint density at radius 3 is 2.87 bits per heavy atom. The Labute approximate surface area is 88.4 Å². The highest BCUT2D eigenvalue weighted by Gasteiger charge is 2.16. The molecule has 1 heterocycles. The van der Waals surface area contributed by atoms with Gasteiger partial charge in [-0.05, 0) is 23.3 Å². The number of hydrogen-bond donors (Lipinski definition) is 0. The summed E-state index contributed by atoms with van der Waals surface area (Å²) in [5.74, 6) is -0.146. The lowest BCUT2D eigenvalue weighted by molar-refractivity contribution is -0.0757. The fourth-order valence-corrected chi connectivity index (χ4v) is 1.57. The number of ether oxygens (including phenoxy) is 1. The van der Waals surface area contributed by atoms with Crippen LogP contribution in [0.4, 0.5) is 0 Å². The molecular weight excluding hydrogens is 194 g/mol. The minimum absolute atomic E-state index is 0.146. The molecule has 1 aliphatic rings. The lowest BCUT2D eigenvalue weighted by atomic mass is 10.1.